The Hall–Kier alpha value is -1.48. The summed E-state index contributed by atoms with van der Waals surface area (Å²) in [5, 5.41) is 9.30. The molecule has 3 N–H and O–H groups in total. The number of nitrogens with zero attached hydrogens (tertiary/aromatic N) is 1. The summed E-state index contributed by atoms with van der Waals surface area (Å²) < 4.78 is 31.4. The average Bonchev–Trinajstić information content (AvgIpc) is 2.57. The van der Waals surface area contributed by atoms with E-state index in [4.69, 9.17) is 10.5 Å². The first-order valence-electron chi connectivity index (χ1n) is 8.53. The van der Waals surface area contributed by atoms with Gasteiger partial charge in [-0.1, -0.05) is 12.1 Å². The molecule has 0 aromatic heterocycles. The molecule has 0 spiro atoms. The zero-order valence-electron chi connectivity index (χ0n) is 14.0. The number of sulfonamides is 1. The maximum atomic E-state index is 12.4. The number of β-amino-alcohol motifs (C(OH)–C–C–N with tert-alkyl or cyclic N) is 1. The third kappa shape index (κ3) is 4.03. The fourth-order valence-electron chi connectivity index (χ4n) is 3.37. The molecular formula is C17H24N2O5S. The summed E-state index contributed by atoms with van der Waals surface area (Å²) in [6, 6.07) is 6.35. The average molecular weight is 368 g/mol. The number of rotatable bonds is 6. The lowest BCUT2D eigenvalue weighted by molar-refractivity contribution is -0.120. The van der Waals surface area contributed by atoms with Gasteiger partial charge in [-0.25, -0.2) is 8.42 Å². The number of nitrogens with two attached hydrogens (primary N) is 1. The fraction of sp³-hybridized carbons (Fsp3) is 0.588. The highest BCUT2D eigenvalue weighted by molar-refractivity contribution is 7.89. The summed E-state index contributed by atoms with van der Waals surface area (Å²) in [5.74, 6) is -0.434. The topological polar surface area (TPSA) is 110 Å². The molecule has 1 aromatic carbocycles. The molecule has 2 fully saturated rings. The molecule has 0 saturated carbocycles. The molecule has 0 aliphatic carbocycles. The number of carbonyl (C=O) groups is 1. The molecule has 2 heterocycles. The number of amides is 1. The first-order chi connectivity index (χ1) is 11.9. The number of hydrogen-bond donors (Lipinski definition) is 2. The predicted octanol–water partition coefficient (Wildman–Crippen LogP) is 0.437. The van der Waals surface area contributed by atoms with Gasteiger partial charge in [-0.3, -0.25) is 4.79 Å². The molecule has 0 radical (unpaired) electrons. The SMILES string of the molecule is NC(=O)C(CC1CCOCC1)c1ccc(S(=O)(=O)N2CC(O)C2)cc1. The predicted molar refractivity (Wildman–Crippen MR) is 91.3 cm³/mol. The fourth-order valence-corrected chi connectivity index (χ4v) is 4.88. The third-order valence-corrected chi connectivity index (χ3v) is 6.85. The van der Waals surface area contributed by atoms with Crippen LogP contribution < -0.4 is 5.73 Å². The van der Waals surface area contributed by atoms with Crippen molar-refractivity contribution < 1.29 is 23.1 Å². The maximum absolute atomic E-state index is 12.4. The number of ether oxygens (including phenoxy) is 1. The summed E-state index contributed by atoms with van der Waals surface area (Å²) >= 11 is 0. The van der Waals surface area contributed by atoms with E-state index in [-0.39, 0.29) is 18.0 Å². The van der Waals surface area contributed by atoms with E-state index >= 15 is 0 Å². The zero-order chi connectivity index (χ0) is 18.0. The Labute approximate surface area is 147 Å². The van der Waals surface area contributed by atoms with Crippen molar-refractivity contribution in [2.24, 2.45) is 11.7 Å². The highest BCUT2D eigenvalue weighted by atomic mass is 32.2. The van der Waals surface area contributed by atoms with E-state index < -0.39 is 28.0 Å². The number of aliphatic hydroxyl groups is 1. The minimum Gasteiger partial charge on any atom is -0.390 e. The van der Waals surface area contributed by atoms with Gasteiger partial charge in [0.05, 0.1) is 16.9 Å². The number of aliphatic hydroxyl groups excluding tert-OH is 1. The van der Waals surface area contributed by atoms with E-state index in [9.17, 15) is 18.3 Å². The summed E-state index contributed by atoms with van der Waals surface area (Å²) in [7, 11) is -3.58. The highest BCUT2D eigenvalue weighted by Gasteiger charge is 2.35. The number of carbonyl (C=O) groups excluding carboxylic acids is 1. The van der Waals surface area contributed by atoms with Gasteiger partial charge >= 0.3 is 0 Å². The zero-order valence-corrected chi connectivity index (χ0v) is 14.8. The van der Waals surface area contributed by atoms with E-state index in [1.807, 2.05) is 0 Å². The van der Waals surface area contributed by atoms with Crippen molar-refractivity contribution >= 4 is 15.9 Å². The van der Waals surface area contributed by atoms with Crippen LogP contribution in [0.1, 0.15) is 30.7 Å². The van der Waals surface area contributed by atoms with E-state index in [1.54, 1.807) is 12.1 Å². The van der Waals surface area contributed by atoms with Gasteiger partial charge in [-0.05, 0) is 42.9 Å². The van der Waals surface area contributed by atoms with Gasteiger partial charge in [0.2, 0.25) is 15.9 Å². The van der Waals surface area contributed by atoms with Crippen molar-refractivity contribution in [3.05, 3.63) is 29.8 Å². The maximum Gasteiger partial charge on any atom is 0.243 e. The summed E-state index contributed by atoms with van der Waals surface area (Å²) in [5.41, 5.74) is 6.32. The van der Waals surface area contributed by atoms with Crippen molar-refractivity contribution in [1.82, 2.24) is 4.31 Å². The third-order valence-electron chi connectivity index (χ3n) is 5.00. The van der Waals surface area contributed by atoms with Gasteiger partial charge in [-0.15, -0.1) is 0 Å². The van der Waals surface area contributed by atoms with Crippen LogP contribution in [0, 0.1) is 5.92 Å². The summed E-state index contributed by atoms with van der Waals surface area (Å²) in [6.07, 6.45) is 1.89. The van der Waals surface area contributed by atoms with E-state index in [0.29, 0.717) is 25.6 Å². The minimum atomic E-state index is -3.58. The van der Waals surface area contributed by atoms with Crippen molar-refractivity contribution in [1.29, 1.82) is 0 Å². The number of primary amides is 1. The Kier molecular flexibility index (Phi) is 5.43. The molecule has 25 heavy (non-hydrogen) atoms. The molecule has 138 valence electrons. The molecule has 2 saturated heterocycles. The Morgan fingerprint density at radius 1 is 1.24 bits per heavy atom. The van der Waals surface area contributed by atoms with Crippen LogP contribution in [0.4, 0.5) is 0 Å². The smallest absolute Gasteiger partial charge is 0.243 e. The molecule has 8 heteroatoms. The van der Waals surface area contributed by atoms with Crippen LogP contribution in [0.15, 0.2) is 29.2 Å². The second-order valence-electron chi connectivity index (χ2n) is 6.79. The second-order valence-corrected chi connectivity index (χ2v) is 8.73. The van der Waals surface area contributed by atoms with Crippen molar-refractivity contribution in [2.75, 3.05) is 26.3 Å². The lowest BCUT2D eigenvalue weighted by Crippen LogP contribution is -2.53. The van der Waals surface area contributed by atoms with Gasteiger partial charge in [0.1, 0.15) is 0 Å². The van der Waals surface area contributed by atoms with Crippen LogP contribution in [-0.2, 0) is 19.6 Å². The van der Waals surface area contributed by atoms with Crippen LogP contribution in [-0.4, -0.2) is 56.1 Å². The van der Waals surface area contributed by atoms with Gasteiger partial charge < -0.3 is 15.6 Å². The summed E-state index contributed by atoms with van der Waals surface area (Å²) in [6.45, 7) is 1.65. The molecule has 1 aromatic rings. The Morgan fingerprint density at radius 2 is 1.84 bits per heavy atom. The normalized spacial score (nSPS) is 21.6. The minimum absolute atomic E-state index is 0.123. The Bertz CT molecular complexity index is 707. The van der Waals surface area contributed by atoms with E-state index in [0.717, 1.165) is 18.4 Å². The van der Waals surface area contributed by atoms with Crippen LogP contribution in [0.5, 0.6) is 0 Å². The molecule has 3 rings (SSSR count). The lowest BCUT2D eigenvalue weighted by atomic mass is 9.85. The molecular weight excluding hydrogens is 344 g/mol. The molecule has 2 aliphatic heterocycles. The van der Waals surface area contributed by atoms with Gasteiger partial charge in [0, 0.05) is 26.3 Å². The molecule has 2 aliphatic rings. The van der Waals surface area contributed by atoms with Crippen molar-refractivity contribution in [3.63, 3.8) is 0 Å². The van der Waals surface area contributed by atoms with Gasteiger partial charge in [0.25, 0.3) is 0 Å². The van der Waals surface area contributed by atoms with Gasteiger partial charge in [0.15, 0.2) is 0 Å². The number of hydrogen-bond acceptors (Lipinski definition) is 5. The van der Waals surface area contributed by atoms with Crippen LogP contribution in [0.25, 0.3) is 0 Å². The highest BCUT2D eigenvalue weighted by Crippen LogP contribution is 2.30. The molecule has 1 amide bonds. The largest absolute Gasteiger partial charge is 0.390 e. The quantitative estimate of drug-likeness (QED) is 0.757. The molecule has 7 nitrogen and oxygen atoms in total. The van der Waals surface area contributed by atoms with Crippen LogP contribution >= 0.6 is 0 Å². The molecule has 0 bridgehead atoms. The molecule has 1 unspecified atom stereocenters. The Morgan fingerprint density at radius 3 is 2.36 bits per heavy atom. The van der Waals surface area contributed by atoms with Crippen molar-refractivity contribution in [2.45, 2.75) is 36.2 Å². The number of benzene rings is 1. The first kappa shape index (κ1) is 18.3. The molecule has 1 atom stereocenters. The Balaban J connectivity index is 1.73. The van der Waals surface area contributed by atoms with E-state index in [1.165, 1.54) is 16.4 Å². The van der Waals surface area contributed by atoms with Crippen LogP contribution in [0.2, 0.25) is 0 Å². The standard InChI is InChI=1S/C17H24N2O5S/c18-17(21)16(9-12-5-7-24-8-6-12)13-1-3-15(4-2-13)25(22,23)19-10-14(20)11-19/h1-4,12,14,16,20H,5-11H2,(H2,18,21). The summed E-state index contributed by atoms with van der Waals surface area (Å²) in [4.78, 5) is 12.1. The van der Waals surface area contributed by atoms with Crippen molar-refractivity contribution in [3.8, 4) is 0 Å². The van der Waals surface area contributed by atoms with Crippen LogP contribution in [0.3, 0.4) is 0 Å². The van der Waals surface area contributed by atoms with E-state index in [2.05, 4.69) is 0 Å². The first-order valence-corrected chi connectivity index (χ1v) is 9.97. The van der Waals surface area contributed by atoms with Gasteiger partial charge in [-0.2, -0.15) is 4.31 Å². The monoisotopic (exact) mass is 368 g/mol. The second kappa shape index (κ2) is 7.41. The lowest BCUT2D eigenvalue weighted by Gasteiger charge is -2.34.